The normalized spacial score (nSPS) is 9.43. The minimum Gasteiger partial charge on any atom is -0.193 e. The van der Waals surface area contributed by atoms with Crippen molar-refractivity contribution in [2.45, 2.75) is 26.2 Å². The average Bonchev–Trinajstić information content (AvgIpc) is 2.26. The maximum absolute atomic E-state index is 8.55. The summed E-state index contributed by atoms with van der Waals surface area (Å²) in [5, 5.41) is 8.55. The number of hydrogen-bond donors (Lipinski definition) is 0. The quantitative estimate of drug-likeness (QED) is 0.660. The third kappa shape index (κ3) is 3.06. The second-order valence-electron chi connectivity index (χ2n) is 3.39. The zero-order valence-corrected chi connectivity index (χ0v) is 8.59. The maximum Gasteiger partial charge on any atom is 0.0940 e. The molecule has 0 amide bonds. The Morgan fingerprint density at radius 2 is 1.86 bits per heavy atom. The van der Waals surface area contributed by atoms with E-state index < -0.39 is 0 Å². The van der Waals surface area contributed by atoms with Crippen LogP contribution in [-0.4, -0.2) is 0 Å². The number of nitrogens with zero attached hydrogens (tertiary/aromatic N) is 1. The molecule has 0 fully saturated rings. The summed E-state index contributed by atoms with van der Waals surface area (Å²) < 4.78 is 0. The number of hydrogen-bond acceptors (Lipinski definition) is 1. The van der Waals surface area contributed by atoms with E-state index in [-0.39, 0.29) is 0 Å². The molecule has 0 aliphatic heterocycles. The summed E-state index contributed by atoms with van der Waals surface area (Å²) in [5.74, 6) is 0. The molecule has 1 rings (SSSR count). The first-order valence-corrected chi connectivity index (χ1v) is 4.92. The monoisotopic (exact) mass is 185 g/mol. The number of nitriles is 1. The van der Waals surface area contributed by atoms with Gasteiger partial charge in [-0.3, -0.25) is 0 Å². The summed E-state index contributed by atoms with van der Waals surface area (Å²) >= 11 is 0. The average molecular weight is 185 g/mol. The molecule has 1 aromatic carbocycles. The van der Waals surface area contributed by atoms with Crippen LogP contribution in [0.2, 0.25) is 0 Å². The van der Waals surface area contributed by atoms with Gasteiger partial charge in [-0.05, 0) is 30.4 Å². The lowest BCUT2D eigenvalue weighted by molar-refractivity contribution is 0.968. The zero-order chi connectivity index (χ0) is 10.4. The molecule has 0 atom stereocenters. The van der Waals surface area contributed by atoms with Crippen LogP contribution in [0.25, 0.3) is 0 Å². The van der Waals surface area contributed by atoms with Gasteiger partial charge in [-0.2, -0.15) is 5.26 Å². The molecule has 0 saturated carbocycles. The molecule has 1 nitrogen and oxygen atoms in total. The van der Waals surface area contributed by atoms with Gasteiger partial charge in [0.05, 0.1) is 6.07 Å². The van der Waals surface area contributed by atoms with Crippen LogP contribution in [0.1, 0.15) is 24.5 Å². The molecule has 0 heterocycles. The first kappa shape index (κ1) is 10.5. The molecule has 14 heavy (non-hydrogen) atoms. The van der Waals surface area contributed by atoms with E-state index in [1.54, 1.807) is 0 Å². The standard InChI is InChI=1S/C13H15N/c1-3-12-6-8-13(9-7-12)5-4-11(2)10-14/h6-9H,2-5H2,1H3. The van der Waals surface area contributed by atoms with E-state index in [1.807, 2.05) is 0 Å². The second kappa shape index (κ2) is 5.24. The van der Waals surface area contributed by atoms with Gasteiger partial charge in [0.2, 0.25) is 0 Å². The topological polar surface area (TPSA) is 23.8 Å². The highest BCUT2D eigenvalue weighted by Gasteiger charge is 1.95. The maximum atomic E-state index is 8.55. The van der Waals surface area contributed by atoms with Crippen LogP contribution in [0.5, 0.6) is 0 Å². The highest BCUT2D eigenvalue weighted by Crippen LogP contribution is 2.09. The van der Waals surface area contributed by atoms with E-state index in [2.05, 4.69) is 43.8 Å². The summed E-state index contributed by atoms with van der Waals surface area (Å²) in [6, 6.07) is 10.6. The number of rotatable bonds is 4. The van der Waals surface area contributed by atoms with E-state index in [0.29, 0.717) is 5.57 Å². The fourth-order valence-electron chi connectivity index (χ4n) is 1.29. The van der Waals surface area contributed by atoms with E-state index in [4.69, 9.17) is 5.26 Å². The predicted octanol–water partition coefficient (Wildman–Crippen LogP) is 3.26. The minimum atomic E-state index is 0.657. The van der Waals surface area contributed by atoms with Gasteiger partial charge in [-0.1, -0.05) is 37.8 Å². The minimum absolute atomic E-state index is 0.657. The fourth-order valence-corrected chi connectivity index (χ4v) is 1.29. The Balaban J connectivity index is 2.53. The molecular weight excluding hydrogens is 170 g/mol. The lowest BCUT2D eigenvalue weighted by Gasteiger charge is -2.01. The molecule has 0 saturated heterocycles. The summed E-state index contributed by atoms with van der Waals surface area (Å²) in [7, 11) is 0. The molecule has 0 N–H and O–H groups in total. The van der Waals surface area contributed by atoms with Crippen molar-refractivity contribution in [3.05, 3.63) is 47.5 Å². The number of benzene rings is 1. The highest BCUT2D eigenvalue weighted by molar-refractivity contribution is 5.24. The SMILES string of the molecule is C=C(C#N)CCc1ccc(CC)cc1. The van der Waals surface area contributed by atoms with Crippen LogP contribution < -0.4 is 0 Å². The first-order chi connectivity index (χ1) is 6.76. The molecule has 0 aromatic heterocycles. The molecule has 72 valence electrons. The first-order valence-electron chi connectivity index (χ1n) is 4.92. The Bertz CT molecular complexity index is 340. The Morgan fingerprint density at radius 1 is 1.29 bits per heavy atom. The zero-order valence-electron chi connectivity index (χ0n) is 8.59. The molecule has 0 unspecified atom stereocenters. The fraction of sp³-hybridized carbons (Fsp3) is 0.308. The summed E-state index contributed by atoms with van der Waals surface area (Å²) in [6.45, 7) is 5.81. The Morgan fingerprint density at radius 3 is 2.36 bits per heavy atom. The van der Waals surface area contributed by atoms with Gasteiger partial charge >= 0.3 is 0 Å². The van der Waals surface area contributed by atoms with Crippen molar-refractivity contribution >= 4 is 0 Å². The van der Waals surface area contributed by atoms with Gasteiger partial charge in [-0.25, -0.2) is 0 Å². The van der Waals surface area contributed by atoms with Crippen molar-refractivity contribution in [1.82, 2.24) is 0 Å². The second-order valence-corrected chi connectivity index (χ2v) is 3.39. The molecule has 1 heteroatoms. The third-order valence-electron chi connectivity index (χ3n) is 2.30. The van der Waals surface area contributed by atoms with E-state index >= 15 is 0 Å². The molecule has 0 bridgehead atoms. The van der Waals surface area contributed by atoms with Gasteiger partial charge in [0, 0.05) is 5.57 Å². The van der Waals surface area contributed by atoms with Crippen molar-refractivity contribution in [3.63, 3.8) is 0 Å². The van der Waals surface area contributed by atoms with Gasteiger partial charge in [0.25, 0.3) is 0 Å². The van der Waals surface area contributed by atoms with Crippen molar-refractivity contribution in [1.29, 1.82) is 5.26 Å². The molecule has 1 aromatic rings. The Kier molecular flexibility index (Phi) is 3.94. The van der Waals surface area contributed by atoms with E-state index in [9.17, 15) is 0 Å². The van der Waals surface area contributed by atoms with Gasteiger partial charge in [-0.15, -0.1) is 0 Å². The van der Waals surface area contributed by atoms with E-state index in [1.165, 1.54) is 11.1 Å². The van der Waals surface area contributed by atoms with Gasteiger partial charge in [0.15, 0.2) is 0 Å². The molecule has 0 radical (unpaired) electrons. The van der Waals surface area contributed by atoms with Crippen molar-refractivity contribution in [3.8, 4) is 6.07 Å². The van der Waals surface area contributed by atoms with Crippen LogP contribution in [0.3, 0.4) is 0 Å². The summed E-state index contributed by atoms with van der Waals surface area (Å²) in [6.07, 6.45) is 2.75. The Labute approximate surface area is 85.7 Å². The lowest BCUT2D eigenvalue weighted by atomic mass is 10.0. The van der Waals surface area contributed by atoms with Crippen LogP contribution in [-0.2, 0) is 12.8 Å². The number of aryl methyl sites for hydroxylation is 2. The smallest absolute Gasteiger partial charge is 0.0940 e. The van der Waals surface area contributed by atoms with Crippen LogP contribution in [0, 0.1) is 11.3 Å². The van der Waals surface area contributed by atoms with Crippen LogP contribution in [0.15, 0.2) is 36.4 Å². The summed E-state index contributed by atoms with van der Waals surface area (Å²) in [5.41, 5.74) is 3.29. The Hall–Kier alpha value is -1.55. The summed E-state index contributed by atoms with van der Waals surface area (Å²) in [4.78, 5) is 0. The van der Waals surface area contributed by atoms with Crippen molar-refractivity contribution in [2.75, 3.05) is 0 Å². The molecule has 0 aliphatic rings. The van der Waals surface area contributed by atoms with Crippen molar-refractivity contribution < 1.29 is 0 Å². The van der Waals surface area contributed by atoms with Crippen LogP contribution in [0.4, 0.5) is 0 Å². The largest absolute Gasteiger partial charge is 0.193 e. The van der Waals surface area contributed by atoms with E-state index in [0.717, 1.165) is 19.3 Å². The lowest BCUT2D eigenvalue weighted by Crippen LogP contribution is -1.87. The van der Waals surface area contributed by atoms with Crippen LogP contribution >= 0.6 is 0 Å². The van der Waals surface area contributed by atoms with Gasteiger partial charge < -0.3 is 0 Å². The van der Waals surface area contributed by atoms with Gasteiger partial charge in [0.1, 0.15) is 0 Å². The highest BCUT2D eigenvalue weighted by atomic mass is 14.2. The molecule has 0 aliphatic carbocycles. The molecular formula is C13H15N. The predicted molar refractivity (Wildman–Crippen MR) is 58.9 cm³/mol. The molecule has 0 spiro atoms. The number of allylic oxidation sites excluding steroid dienone is 1. The third-order valence-corrected chi connectivity index (χ3v) is 2.30. The van der Waals surface area contributed by atoms with Crippen molar-refractivity contribution in [2.24, 2.45) is 0 Å².